The van der Waals surface area contributed by atoms with E-state index < -0.39 is 33.7 Å². The highest BCUT2D eigenvalue weighted by Crippen LogP contribution is 2.36. The highest BCUT2D eigenvalue weighted by Gasteiger charge is 2.26. The Morgan fingerprint density at radius 1 is 0.812 bits per heavy atom. The first kappa shape index (κ1) is 38.0. The summed E-state index contributed by atoms with van der Waals surface area (Å²) in [7, 11) is -8.86. The maximum Gasteiger partial charge on any atom is 0.339 e. The molecule has 0 atom stereocenters. The second-order valence-electron chi connectivity index (χ2n) is 11.8. The number of carboxylic acids is 1. The van der Waals surface area contributed by atoms with Crippen molar-refractivity contribution in [3.05, 3.63) is 53.3 Å². The molecule has 16 nitrogen and oxygen atoms in total. The molecule has 3 aromatic rings. The summed E-state index contributed by atoms with van der Waals surface area (Å²) >= 11 is 3.42. The molecule has 1 aliphatic rings. The Kier molecular flexibility index (Phi) is 13.6. The van der Waals surface area contributed by atoms with Gasteiger partial charge in [-0.25, -0.2) is 9.97 Å². The molecule has 0 aliphatic carbocycles. The Balaban J connectivity index is 1.47. The van der Waals surface area contributed by atoms with Crippen LogP contribution in [0.3, 0.4) is 0 Å². The summed E-state index contributed by atoms with van der Waals surface area (Å²) in [5.74, 6) is -1.16. The topological polar surface area (TPSA) is 229 Å². The molecule has 1 amide bonds. The lowest BCUT2D eigenvalue weighted by Gasteiger charge is -2.32. The number of carboxylic acid groups (broad SMARTS) is 1. The Morgan fingerprint density at radius 2 is 1.38 bits per heavy atom. The van der Waals surface area contributed by atoms with Crippen LogP contribution in [0, 0.1) is 5.92 Å². The molecule has 2 aromatic carbocycles. The number of carbonyl (C=O) groups is 2. The summed E-state index contributed by atoms with van der Waals surface area (Å²) in [5, 5.41) is 16.2. The van der Waals surface area contributed by atoms with Crippen LogP contribution in [0.1, 0.15) is 19.3 Å². The molecular weight excluding hydrogens is 732 g/mol. The molecule has 0 unspecified atom stereocenters. The van der Waals surface area contributed by atoms with Crippen molar-refractivity contribution in [1.29, 1.82) is 0 Å². The van der Waals surface area contributed by atoms with Gasteiger partial charge in [-0.2, -0.15) is 0 Å². The molecule has 0 spiro atoms. The molecule has 1 fully saturated rings. The van der Waals surface area contributed by atoms with Gasteiger partial charge in [0.05, 0.1) is 12.1 Å². The van der Waals surface area contributed by atoms with E-state index in [1.54, 1.807) is 32.9 Å². The van der Waals surface area contributed by atoms with E-state index in [0.29, 0.717) is 29.9 Å². The molecule has 0 saturated carbocycles. The molecule has 0 radical (unpaired) electrons. The van der Waals surface area contributed by atoms with Crippen molar-refractivity contribution >= 4 is 71.1 Å². The van der Waals surface area contributed by atoms with Gasteiger partial charge < -0.3 is 35.3 Å². The SMILES string of the molecule is O=C(O)CC1CCN(CP(=O)(O)O)CCN(CC(=O)Nc2ccc3c(Nc4ccc(Br)cc4)ncnc3c2)CCN(CP(=O)(O)O)CC1. The fourth-order valence-electron chi connectivity index (χ4n) is 5.50. The molecule has 1 aliphatic heterocycles. The predicted molar refractivity (Wildman–Crippen MR) is 184 cm³/mol. The van der Waals surface area contributed by atoms with Crippen LogP contribution in [0.2, 0.25) is 0 Å². The predicted octanol–water partition coefficient (Wildman–Crippen LogP) is 3.14. The summed E-state index contributed by atoms with van der Waals surface area (Å²) in [4.78, 5) is 77.0. The molecular formula is C29H40BrN7O9P2. The Morgan fingerprint density at radius 3 is 1.94 bits per heavy atom. The number of aromatic nitrogens is 2. The molecule has 7 N–H and O–H groups in total. The van der Waals surface area contributed by atoms with E-state index in [4.69, 9.17) is 0 Å². The van der Waals surface area contributed by atoms with Gasteiger partial charge >= 0.3 is 21.2 Å². The second kappa shape index (κ2) is 17.2. The number of fused-ring (bicyclic) bond motifs is 1. The summed E-state index contributed by atoms with van der Waals surface area (Å²) in [6.07, 6.45) is 0.848. The van der Waals surface area contributed by atoms with Crippen molar-refractivity contribution in [1.82, 2.24) is 24.7 Å². The van der Waals surface area contributed by atoms with E-state index in [1.807, 2.05) is 24.3 Å². The monoisotopic (exact) mass is 771 g/mol. The highest BCUT2D eigenvalue weighted by molar-refractivity contribution is 9.10. The van der Waals surface area contributed by atoms with E-state index in [-0.39, 0.29) is 64.1 Å². The van der Waals surface area contributed by atoms with Crippen LogP contribution < -0.4 is 10.6 Å². The minimum absolute atomic E-state index is 0.104. The third-order valence-electron chi connectivity index (χ3n) is 7.80. The van der Waals surface area contributed by atoms with Gasteiger partial charge in [0.15, 0.2) is 0 Å². The summed E-state index contributed by atoms with van der Waals surface area (Å²) in [6.45, 7) is 1.11. The average Bonchev–Trinajstić information content (AvgIpc) is 2.98. The maximum atomic E-state index is 13.3. The molecule has 0 bridgehead atoms. The van der Waals surface area contributed by atoms with Crippen LogP contribution in [0.5, 0.6) is 0 Å². The summed E-state index contributed by atoms with van der Waals surface area (Å²) < 4.78 is 24.7. The van der Waals surface area contributed by atoms with Gasteiger partial charge in [-0.05, 0) is 74.3 Å². The lowest BCUT2D eigenvalue weighted by Crippen LogP contribution is -2.44. The number of halogens is 1. The third-order valence-corrected chi connectivity index (χ3v) is 9.86. The first-order valence-corrected chi connectivity index (χ1v) is 19.6. The lowest BCUT2D eigenvalue weighted by atomic mass is 9.97. The van der Waals surface area contributed by atoms with Gasteiger partial charge in [0.2, 0.25) is 5.91 Å². The van der Waals surface area contributed by atoms with Crippen LogP contribution in [-0.4, -0.2) is 120 Å². The molecule has 4 rings (SSSR count). The number of hydrogen-bond acceptors (Lipinski definition) is 10. The lowest BCUT2D eigenvalue weighted by molar-refractivity contribution is -0.138. The number of aliphatic carboxylic acids is 1. The van der Waals surface area contributed by atoms with Crippen molar-refractivity contribution in [3.8, 4) is 0 Å². The molecule has 48 heavy (non-hydrogen) atoms. The quantitative estimate of drug-likeness (QED) is 0.139. The van der Waals surface area contributed by atoms with Gasteiger partial charge in [-0.1, -0.05) is 15.9 Å². The van der Waals surface area contributed by atoms with Crippen LogP contribution in [0.15, 0.2) is 53.3 Å². The number of nitrogens with one attached hydrogen (secondary N) is 2. The van der Waals surface area contributed by atoms with E-state index in [9.17, 15) is 43.4 Å². The minimum Gasteiger partial charge on any atom is -0.481 e. The zero-order valence-corrected chi connectivity index (χ0v) is 29.4. The number of benzene rings is 2. The van der Waals surface area contributed by atoms with Crippen LogP contribution in [0.4, 0.5) is 17.2 Å². The van der Waals surface area contributed by atoms with Crippen molar-refractivity contribution in [2.75, 3.05) is 69.0 Å². The minimum atomic E-state index is -4.43. The second-order valence-corrected chi connectivity index (χ2v) is 15.9. The first-order chi connectivity index (χ1) is 22.6. The zero-order chi connectivity index (χ0) is 34.9. The molecule has 19 heteroatoms. The highest BCUT2D eigenvalue weighted by atomic mass is 79.9. The Labute approximate surface area is 286 Å². The van der Waals surface area contributed by atoms with Crippen molar-refractivity contribution < 1.29 is 43.4 Å². The van der Waals surface area contributed by atoms with Gasteiger partial charge in [0.1, 0.15) is 24.7 Å². The largest absolute Gasteiger partial charge is 0.481 e. The van der Waals surface area contributed by atoms with Crippen molar-refractivity contribution in [2.45, 2.75) is 19.3 Å². The normalized spacial score (nSPS) is 17.0. The Hall–Kier alpha value is -2.82. The van der Waals surface area contributed by atoms with Crippen molar-refractivity contribution in [3.63, 3.8) is 0 Å². The summed E-state index contributed by atoms with van der Waals surface area (Å²) in [6, 6.07) is 12.8. The van der Waals surface area contributed by atoms with Crippen LogP contribution >= 0.6 is 31.1 Å². The Bertz CT molecular complexity index is 1620. The fourth-order valence-corrected chi connectivity index (χ4v) is 7.37. The number of nitrogens with zero attached hydrogens (tertiary/aromatic N) is 5. The van der Waals surface area contributed by atoms with Gasteiger partial charge in [0, 0.05) is 53.8 Å². The van der Waals surface area contributed by atoms with Crippen LogP contribution in [-0.2, 0) is 18.7 Å². The molecule has 1 aromatic heterocycles. The van der Waals surface area contributed by atoms with Gasteiger partial charge in [-0.15, -0.1) is 0 Å². The number of hydrogen-bond donors (Lipinski definition) is 7. The van der Waals surface area contributed by atoms with Crippen molar-refractivity contribution in [2.24, 2.45) is 5.92 Å². The van der Waals surface area contributed by atoms with Gasteiger partial charge in [-0.3, -0.25) is 33.4 Å². The molecule has 2 heterocycles. The zero-order valence-electron chi connectivity index (χ0n) is 26.1. The standard InChI is InChI=1S/C29H40BrN7O9P2/c30-22-1-3-23(4-2-22)34-29-25-6-5-24(16-26(25)31-18-32-29)33-27(38)17-35-11-13-36(19-47(41,42)43)9-7-21(15-28(39)40)8-10-37(14-12-35)20-48(44,45)46/h1-6,16,18,21H,7-15,17,19-20H2,(H,33,38)(H,39,40)(H,31,32,34)(H2,41,42,43)(H2,44,45,46). The molecule has 262 valence electrons. The summed E-state index contributed by atoms with van der Waals surface area (Å²) in [5.41, 5.74) is 1.92. The van der Waals surface area contributed by atoms with E-state index >= 15 is 0 Å². The number of amides is 1. The molecule has 1 saturated heterocycles. The average molecular weight is 773 g/mol. The van der Waals surface area contributed by atoms with Crippen LogP contribution in [0.25, 0.3) is 10.9 Å². The first-order valence-electron chi connectivity index (χ1n) is 15.2. The maximum absolute atomic E-state index is 13.3. The van der Waals surface area contributed by atoms with Gasteiger partial charge in [0.25, 0.3) is 0 Å². The van der Waals surface area contributed by atoms with E-state index in [2.05, 4.69) is 36.5 Å². The van der Waals surface area contributed by atoms with E-state index in [0.717, 1.165) is 15.5 Å². The number of anilines is 3. The third kappa shape index (κ3) is 13.2. The number of rotatable bonds is 11. The smallest absolute Gasteiger partial charge is 0.339 e. The number of carbonyl (C=O) groups excluding carboxylic acids is 1. The fraction of sp³-hybridized carbons (Fsp3) is 0.448. The van der Waals surface area contributed by atoms with E-state index in [1.165, 1.54) is 6.33 Å².